The smallest absolute Gasteiger partial charge is 0.216 e. The lowest BCUT2D eigenvalue weighted by Gasteiger charge is -2.46. The normalized spacial score (nSPS) is 17.2. The van der Waals surface area contributed by atoms with E-state index in [0.717, 1.165) is 0 Å². The van der Waals surface area contributed by atoms with Crippen molar-refractivity contribution in [1.29, 1.82) is 0 Å². The summed E-state index contributed by atoms with van der Waals surface area (Å²) in [5.74, 6) is -58.0. The SMILES string of the molecule is FC(F)(F)C(F)(C(F)(F)F)C(F)(F)C(F)(F)C(F)(F)C(F)(F)C(F)(F)C(F)(F)C(F)(C(F)(F)F)C(F)(F)F. The third-order valence-electron chi connectivity index (χ3n) is 4.40. The van der Waals surface area contributed by atoms with Crippen LogP contribution < -0.4 is 0 Å². The third kappa shape index (κ3) is 3.98. The van der Waals surface area contributed by atoms with Gasteiger partial charge in [0.2, 0.25) is 0 Å². The molecule has 0 radical (unpaired) electrons. The van der Waals surface area contributed by atoms with Crippen molar-refractivity contribution in [2.24, 2.45) is 0 Å². The molecule has 0 rings (SSSR count). The average Bonchev–Trinajstić information content (AvgIpc) is 2.61. The molecule has 0 bridgehead atoms. The summed E-state index contributed by atoms with van der Waals surface area (Å²) in [6.45, 7) is 0. The summed E-state index contributed by atoms with van der Waals surface area (Å²) in [4.78, 5) is 0. The molecule has 38 heavy (non-hydrogen) atoms. The quantitative estimate of drug-likeness (QED) is 0.246. The van der Waals surface area contributed by atoms with Crippen molar-refractivity contribution in [2.45, 2.75) is 71.6 Å². The van der Waals surface area contributed by atoms with Crippen molar-refractivity contribution >= 4 is 0 Å². The van der Waals surface area contributed by atoms with Crippen LogP contribution in [0.2, 0.25) is 0 Å². The molecule has 0 aliphatic rings. The van der Waals surface area contributed by atoms with E-state index < -0.39 is 71.6 Å². The summed E-state index contributed by atoms with van der Waals surface area (Å²) in [5, 5.41) is 0. The summed E-state index contributed by atoms with van der Waals surface area (Å²) in [6, 6.07) is 0. The highest BCUT2D eigenvalue weighted by Gasteiger charge is 3.01. The van der Waals surface area contributed by atoms with Gasteiger partial charge in [-0.15, -0.1) is 0 Å². The summed E-state index contributed by atoms with van der Waals surface area (Å²) in [5.41, 5.74) is -18.3. The topological polar surface area (TPSA) is 0 Å². The molecule has 0 atom stereocenters. The molecule has 0 aliphatic heterocycles. The minimum Gasteiger partial charge on any atom is -0.216 e. The van der Waals surface area contributed by atoms with Gasteiger partial charge in [0.1, 0.15) is 0 Å². The van der Waals surface area contributed by atoms with E-state index in [-0.39, 0.29) is 0 Å². The first-order valence-electron chi connectivity index (χ1n) is 7.66. The van der Waals surface area contributed by atoms with Gasteiger partial charge in [-0.2, -0.15) is 105 Å². The van der Waals surface area contributed by atoms with Crippen molar-refractivity contribution in [3.8, 4) is 0 Å². The van der Waals surface area contributed by atoms with Crippen molar-refractivity contribution in [3.63, 3.8) is 0 Å². The Morgan fingerprint density at radius 3 is 0.368 bits per heavy atom. The van der Waals surface area contributed by atoms with E-state index >= 15 is 0 Å². The Bertz CT molecular complexity index is 757. The molecule has 0 N–H and O–H groups in total. The Morgan fingerprint density at radius 1 is 0.158 bits per heavy atom. The van der Waals surface area contributed by atoms with Gasteiger partial charge in [0.05, 0.1) is 0 Å². The van der Waals surface area contributed by atoms with Crippen molar-refractivity contribution in [1.82, 2.24) is 0 Å². The van der Waals surface area contributed by atoms with Crippen LogP contribution in [0.4, 0.5) is 114 Å². The first kappa shape index (κ1) is 36.2. The first-order valence-corrected chi connectivity index (χ1v) is 7.66. The highest BCUT2D eigenvalue weighted by molar-refractivity contribution is 5.22. The standard InChI is InChI=1S/C12F26/c13-1(9(27,28)29,10(30,31)32)3(15,16)5(19,20)7(23,24)8(25,26)6(21,22)4(17,18)2(14,11(33,34)35)12(36,37)38. The lowest BCUT2D eigenvalue weighted by Crippen LogP contribution is -2.80. The van der Waals surface area contributed by atoms with Gasteiger partial charge in [-0.3, -0.25) is 0 Å². The van der Waals surface area contributed by atoms with E-state index in [1.807, 2.05) is 0 Å². The molecule has 0 unspecified atom stereocenters. The predicted octanol–water partition coefficient (Wildman–Crippen LogP) is 8.46. The lowest BCUT2D eigenvalue weighted by molar-refractivity contribution is -0.489. The zero-order chi connectivity index (χ0) is 32.0. The molecule has 0 nitrogen and oxygen atoms in total. The minimum absolute atomic E-state index is 8.64. The van der Waals surface area contributed by atoms with Crippen LogP contribution in [0.15, 0.2) is 0 Å². The van der Waals surface area contributed by atoms with Crippen LogP contribution in [0.1, 0.15) is 0 Å². The van der Waals surface area contributed by atoms with Gasteiger partial charge < -0.3 is 0 Å². The van der Waals surface area contributed by atoms with E-state index in [1.54, 1.807) is 0 Å². The van der Waals surface area contributed by atoms with Gasteiger partial charge in [0, 0.05) is 0 Å². The molecule has 0 saturated heterocycles. The van der Waals surface area contributed by atoms with E-state index in [1.165, 1.54) is 0 Å². The third-order valence-corrected chi connectivity index (χ3v) is 4.40. The molecular formula is C12F26. The molecule has 0 amide bonds. The molecule has 0 aromatic rings. The fraction of sp³-hybridized carbons (Fsp3) is 1.00. The van der Waals surface area contributed by atoms with Crippen LogP contribution in [-0.2, 0) is 0 Å². The van der Waals surface area contributed by atoms with E-state index in [2.05, 4.69) is 0 Å². The van der Waals surface area contributed by atoms with E-state index in [9.17, 15) is 114 Å². The number of hydrogen-bond donors (Lipinski definition) is 0. The van der Waals surface area contributed by atoms with E-state index in [4.69, 9.17) is 0 Å². The van der Waals surface area contributed by atoms with Crippen molar-refractivity contribution < 1.29 is 114 Å². The molecule has 26 heteroatoms. The maximum absolute atomic E-state index is 13.4. The fourth-order valence-corrected chi connectivity index (χ4v) is 2.25. The number of halogens is 26. The van der Waals surface area contributed by atoms with Gasteiger partial charge in [-0.1, -0.05) is 0 Å². The lowest BCUT2D eigenvalue weighted by atomic mass is 9.81. The molecular weight excluding hydrogens is 638 g/mol. The molecule has 0 spiro atoms. The Morgan fingerprint density at radius 2 is 0.263 bits per heavy atom. The van der Waals surface area contributed by atoms with Crippen LogP contribution in [-0.4, -0.2) is 71.6 Å². The van der Waals surface area contributed by atoms with Crippen LogP contribution >= 0.6 is 0 Å². The van der Waals surface area contributed by atoms with Crippen LogP contribution in [0.5, 0.6) is 0 Å². The fourth-order valence-electron chi connectivity index (χ4n) is 2.25. The molecule has 230 valence electrons. The molecule has 0 aromatic carbocycles. The Kier molecular flexibility index (Phi) is 7.95. The first-order chi connectivity index (χ1) is 15.8. The second-order valence-electron chi connectivity index (χ2n) is 6.75. The Balaban J connectivity index is 7.60. The summed E-state index contributed by atoms with van der Waals surface area (Å²) < 4.78 is 334. The van der Waals surface area contributed by atoms with Gasteiger partial charge in [0.15, 0.2) is 0 Å². The van der Waals surface area contributed by atoms with Crippen LogP contribution in [0, 0.1) is 0 Å². The zero-order valence-corrected chi connectivity index (χ0v) is 15.8. The average molecular weight is 638 g/mol. The number of hydrogen-bond acceptors (Lipinski definition) is 0. The largest absolute Gasteiger partial charge is 0.438 e. The second-order valence-corrected chi connectivity index (χ2v) is 6.75. The maximum atomic E-state index is 13.4. The van der Waals surface area contributed by atoms with Crippen LogP contribution in [0.25, 0.3) is 0 Å². The summed E-state index contributed by atoms with van der Waals surface area (Å²) in [6.07, 6.45) is -34.6. The molecule has 0 saturated carbocycles. The van der Waals surface area contributed by atoms with Crippen LogP contribution in [0.3, 0.4) is 0 Å². The monoisotopic (exact) mass is 638 g/mol. The molecule has 0 fully saturated rings. The van der Waals surface area contributed by atoms with Gasteiger partial charge in [-0.25, -0.2) is 8.78 Å². The van der Waals surface area contributed by atoms with Gasteiger partial charge >= 0.3 is 71.6 Å². The van der Waals surface area contributed by atoms with Gasteiger partial charge in [0.25, 0.3) is 0 Å². The number of alkyl halides is 26. The van der Waals surface area contributed by atoms with Crippen molar-refractivity contribution in [3.05, 3.63) is 0 Å². The Hall–Kier alpha value is -1.82. The molecule has 0 aromatic heterocycles. The van der Waals surface area contributed by atoms with Crippen molar-refractivity contribution in [2.75, 3.05) is 0 Å². The molecule has 0 heterocycles. The predicted molar refractivity (Wildman–Crippen MR) is 61.6 cm³/mol. The highest BCUT2D eigenvalue weighted by Crippen LogP contribution is 2.69. The Labute approximate surface area is 187 Å². The summed E-state index contributed by atoms with van der Waals surface area (Å²) >= 11 is 0. The second kappa shape index (κ2) is 8.34. The highest BCUT2D eigenvalue weighted by atomic mass is 19.4. The minimum atomic E-state index is -9.76. The summed E-state index contributed by atoms with van der Waals surface area (Å²) in [7, 11) is 0. The molecule has 0 aliphatic carbocycles. The number of rotatable bonds is 7. The maximum Gasteiger partial charge on any atom is 0.438 e. The van der Waals surface area contributed by atoms with Gasteiger partial charge in [-0.05, 0) is 0 Å². The van der Waals surface area contributed by atoms with E-state index in [0.29, 0.717) is 0 Å². The zero-order valence-electron chi connectivity index (χ0n) is 15.8.